The molecule has 1 N–H and O–H groups in total. The van der Waals surface area contributed by atoms with Crippen molar-refractivity contribution in [2.45, 2.75) is 39.3 Å². The molecule has 2 aliphatic rings. The zero-order chi connectivity index (χ0) is 21.1. The summed E-state index contributed by atoms with van der Waals surface area (Å²) in [4.78, 5) is 31.4. The van der Waals surface area contributed by atoms with Crippen molar-refractivity contribution >= 4 is 17.7 Å². The molecule has 0 saturated carbocycles. The minimum Gasteiger partial charge on any atom is -0.324 e. The second-order valence-corrected chi connectivity index (χ2v) is 8.35. The first kappa shape index (κ1) is 20.3. The molecule has 0 unspecified atom stereocenters. The van der Waals surface area contributed by atoms with E-state index < -0.39 is 0 Å². The topological polar surface area (TPSA) is 55.9 Å². The molecule has 6 nitrogen and oxygen atoms in total. The van der Waals surface area contributed by atoms with Crippen LogP contribution in [-0.4, -0.2) is 59.0 Å². The average Bonchev–Trinajstić information content (AvgIpc) is 3.11. The third kappa shape index (κ3) is 4.42. The molecule has 0 aromatic heterocycles. The summed E-state index contributed by atoms with van der Waals surface area (Å²) < 4.78 is 0. The summed E-state index contributed by atoms with van der Waals surface area (Å²) in [7, 11) is 0. The molecule has 2 aliphatic heterocycles. The van der Waals surface area contributed by atoms with Crippen LogP contribution in [0.1, 0.15) is 29.5 Å². The Bertz CT molecular complexity index is 907. The van der Waals surface area contributed by atoms with Gasteiger partial charge in [-0.1, -0.05) is 42.5 Å². The Kier molecular flexibility index (Phi) is 5.93. The highest BCUT2D eigenvalue weighted by atomic mass is 16.2. The van der Waals surface area contributed by atoms with E-state index in [1.165, 1.54) is 0 Å². The van der Waals surface area contributed by atoms with Crippen LogP contribution < -0.4 is 5.32 Å². The summed E-state index contributed by atoms with van der Waals surface area (Å²) in [5.41, 5.74) is 4.21. The van der Waals surface area contributed by atoms with Crippen LogP contribution in [0.2, 0.25) is 0 Å². The predicted molar refractivity (Wildman–Crippen MR) is 118 cm³/mol. The summed E-state index contributed by atoms with van der Waals surface area (Å²) in [6.07, 6.45) is 1.65. The van der Waals surface area contributed by atoms with Crippen molar-refractivity contribution in [1.29, 1.82) is 0 Å². The molecule has 0 aliphatic carbocycles. The Labute approximate surface area is 178 Å². The first-order valence-corrected chi connectivity index (χ1v) is 10.7. The molecule has 30 heavy (non-hydrogen) atoms. The summed E-state index contributed by atoms with van der Waals surface area (Å²) in [6, 6.07) is 16.5. The zero-order valence-electron chi connectivity index (χ0n) is 17.8. The lowest BCUT2D eigenvalue weighted by Gasteiger charge is -2.36. The van der Waals surface area contributed by atoms with Gasteiger partial charge in [-0.25, -0.2) is 9.59 Å². The number of carbonyl (C=O) groups excluding carboxylic acids is 2. The number of nitrogens with zero attached hydrogens (tertiary/aromatic N) is 3. The number of carbonyl (C=O) groups is 2. The number of hydrogen-bond acceptors (Lipinski definition) is 2. The first-order valence-electron chi connectivity index (χ1n) is 10.7. The van der Waals surface area contributed by atoms with Crippen molar-refractivity contribution in [1.82, 2.24) is 14.7 Å². The zero-order valence-corrected chi connectivity index (χ0v) is 17.8. The summed E-state index contributed by atoms with van der Waals surface area (Å²) in [5, 5.41) is 3.05. The van der Waals surface area contributed by atoms with E-state index >= 15 is 0 Å². The fraction of sp³-hybridized carbons (Fsp3) is 0.417. The highest BCUT2D eigenvalue weighted by Crippen LogP contribution is 2.24. The molecule has 0 atom stereocenters. The Balaban J connectivity index is 1.29. The molecule has 2 aromatic carbocycles. The largest absolute Gasteiger partial charge is 0.324 e. The molecule has 0 bridgehead atoms. The quantitative estimate of drug-likeness (QED) is 0.826. The minimum absolute atomic E-state index is 0.0550. The standard InChI is InChI=1S/C24H30N4O2/c1-18-8-9-19(2)22(16-18)25-23(29)26-12-10-21(11-13-26)28-15-14-27(24(28)30)17-20-6-4-3-5-7-20/h3-9,16,21H,10-15,17H2,1-2H3,(H,25,29). The molecule has 2 fully saturated rings. The van der Waals surface area contributed by atoms with Gasteiger partial charge in [0, 0.05) is 44.5 Å². The molecular formula is C24H30N4O2. The van der Waals surface area contributed by atoms with Gasteiger partial charge in [0.05, 0.1) is 0 Å². The van der Waals surface area contributed by atoms with Crippen LogP contribution in [0.5, 0.6) is 0 Å². The molecule has 0 radical (unpaired) electrons. The van der Waals surface area contributed by atoms with Gasteiger partial charge in [-0.05, 0) is 49.4 Å². The van der Waals surface area contributed by atoms with Gasteiger partial charge in [-0.15, -0.1) is 0 Å². The fourth-order valence-corrected chi connectivity index (χ4v) is 4.34. The van der Waals surface area contributed by atoms with Gasteiger partial charge in [-0.3, -0.25) is 0 Å². The van der Waals surface area contributed by atoms with Gasteiger partial charge in [0.2, 0.25) is 0 Å². The van der Waals surface area contributed by atoms with Crippen LogP contribution in [0.15, 0.2) is 48.5 Å². The van der Waals surface area contributed by atoms with Crippen molar-refractivity contribution in [3.05, 3.63) is 65.2 Å². The lowest BCUT2D eigenvalue weighted by molar-refractivity contribution is 0.139. The lowest BCUT2D eigenvalue weighted by atomic mass is 10.0. The molecule has 0 spiro atoms. The van der Waals surface area contributed by atoms with Crippen LogP contribution in [-0.2, 0) is 6.54 Å². The van der Waals surface area contributed by atoms with E-state index in [0.29, 0.717) is 19.6 Å². The average molecular weight is 407 g/mol. The van der Waals surface area contributed by atoms with Crippen LogP contribution >= 0.6 is 0 Å². The molecule has 2 heterocycles. The Morgan fingerprint density at radius 1 is 1.00 bits per heavy atom. The number of urea groups is 2. The first-order chi connectivity index (χ1) is 14.5. The van der Waals surface area contributed by atoms with E-state index in [-0.39, 0.29) is 18.1 Å². The normalized spacial score (nSPS) is 17.5. The van der Waals surface area contributed by atoms with Crippen LogP contribution in [0.25, 0.3) is 0 Å². The van der Waals surface area contributed by atoms with Crippen LogP contribution in [0.3, 0.4) is 0 Å². The molecular weight excluding hydrogens is 376 g/mol. The highest BCUT2D eigenvalue weighted by Gasteiger charge is 2.36. The Hall–Kier alpha value is -3.02. The highest BCUT2D eigenvalue weighted by molar-refractivity contribution is 5.90. The number of likely N-dealkylation sites (tertiary alicyclic amines) is 1. The minimum atomic E-state index is -0.0550. The number of hydrogen-bond donors (Lipinski definition) is 1. The monoisotopic (exact) mass is 406 g/mol. The summed E-state index contributed by atoms with van der Waals surface area (Å²) >= 11 is 0. The van der Waals surface area contributed by atoms with Crippen molar-refractivity contribution in [3.63, 3.8) is 0 Å². The van der Waals surface area contributed by atoms with Gasteiger partial charge >= 0.3 is 12.1 Å². The van der Waals surface area contributed by atoms with E-state index in [4.69, 9.17) is 0 Å². The van der Waals surface area contributed by atoms with E-state index in [2.05, 4.69) is 17.4 Å². The third-order valence-corrected chi connectivity index (χ3v) is 6.17. The van der Waals surface area contributed by atoms with Crippen molar-refractivity contribution in [2.75, 3.05) is 31.5 Å². The maximum absolute atomic E-state index is 12.9. The van der Waals surface area contributed by atoms with Crippen molar-refractivity contribution < 1.29 is 9.59 Å². The number of rotatable bonds is 4. The van der Waals surface area contributed by atoms with Crippen LogP contribution in [0.4, 0.5) is 15.3 Å². The molecule has 2 saturated heterocycles. The third-order valence-electron chi connectivity index (χ3n) is 6.17. The number of amides is 4. The summed E-state index contributed by atoms with van der Waals surface area (Å²) in [5.74, 6) is 0. The van der Waals surface area contributed by atoms with E-state index in [0.717, 1.165) is 48.3 Å². The maximum atomic E-state index is 12.9. The van der Waals surface area contributed by atoms with Gasteiger partial charge in [0.15, 0.2) is 0 Å². The van der Waals surface area contributed by atoms with Gasteiger partial charge in [0.25, 0.3) is 0 Å². The van der Waals surface area contributed by atoms with Gasteiger partial charge in [-0.2, -0.15) is 0 Å². The van der Waals surface area contributed by atoms with Crippen LogP contribution in [0, 0.1) is 13.8 Å². The summed E-state index contributed by atoms with van der Waals surface area (Å²) in [6.45, 7) is 7.56. The lowest BCUT2D eigenvalue weighted by Crippen LogP contribution is -2.49. The second-order valence-electron chi connectivity index (χ2n) is 8.35. The predicted octanol–water partition coefficient (Wildman–Crippen LogP) is 4.24. The van der Waals surface area contributed by atoms with Crippen molar-refractivity contribution in [2.24, 2.45) is 0 Å². The number of benzene rings is 2. The Morgan fingerprint density at radius 2 is 1.73 bits per heavy atom. The van der Waals surface area contributed by atoms with E-state index in [1.54, 1.807) is 0 Å². The molecule has 158 valence electrons. The van der Waals surface area contributed by atoms with E-state index in [9.17, 15) is 9.59 Å². The number of piperidine rings is 1. The van der Waals surface area contributed by atoms with Crippen molar-refractivity contribution in [3.8, 4) is 0 Å². The number of aryl methyl sites for hydroxylation is 2. The van der Waals surface area contributed by atoms with E-state index in [1.807, 2.05) is 64.9 Å². The van der Waals surface area contributed by atoms with Gasteiger partial charge < -0.3 is 20.0 Å². The Morgan fingerprint density at radius 3 is 2.47 bits per heavy atom. The molecule has 4 rings (SSSR count). The number of anilines is 1. The molecule has 4 amide bonds. The maximum Gasteiger partial charge on any atom is 0.321 e. The SMILES string of the molecule is Cc1ccc(C)c(NC(=O)N2CCC(N3CCN(Cc4ccccc4)C3=O)CC2)c1. The fourth-order valence-electron chi connectivity index (χ4n) is 4.34. The van der Waals surface area contributed by atoms with Gasteiger partial charge in [0.1, 0.15) is 0 Å². The second kappa shape index (κ2) is 8.78. The molecule has 2 aromatic rings. The smallest absolute Gasteiger partial charge is 0.321 e. The number of nitrogens with one attached hydrogen (secondary N) is 1. The molecule has 6 heteroatoms.